The summed E-state index contributed by atoms with van der Waals surface area (Å²) >= 11 is 0. The first-order valence-corrected chi connectivity index (χ1v) is 11.0. The molecule has 0 aliphatic rings. The second-order valence-electron chi connectivity index (χ2n) is 7.47. The van der Waals surface area contributed by atoms with Crippen LogP contribution in [0.25, 0.3) is 27.2 Å². The van der Waals surface area contributed by atoms with Gasteiger partial charge in [-0.25, -0.2) is 0 Å². The predicted molar refractivity (Wildman–Crippen MR) is 119 cm³/mol. The lowest BCUT2D eigenvalue weighted by Crippen LogP contribution is -2.23. The summed E-state index contributed by atoms with van der Waals surface area (Å²) in [4.78, 5) is 25.9. The highest BCUT2D eigenvalue weighted by atomic mass is 32.2. The number of hydrogen-bond donors (Lipinski definition) is 0. The van der Waals surface area contributed by atoms with Crippen molar-refractivity contribution < 1.29 is 17.4 Å². The predicted octanol–water partition coefficient (Wildman–Crippen LogP) is 4.32. The molecular weight excluding hydrogens is 414 g/mol. The largest absolute Gasteiger partial charge is 0.377 e. The molecule has 0 radical (unpaired) electrons. The number of para-hydroxylation sites is 2. The van der Waals surface area contributed by atoms with E-state index in [2.05, 4.69) is 0 Å². The molecule has 7 heteroatoms. The van der Waals surface area contributed by atoms with E-state index in [4.69, 9.17) is 4.18 Å². The van der Waals surface area contributed by atoms with Crippen molar-refractivity contribution >= 4 is 43.1 Å². The van der Waals surface area contributed by atoms with Crippen molar-refractivity contribution in [1.29, 1.82) is 0 Å². The van der Waals surface area contributed by atoms with Gasteiger partial charge in [-0.05, 0) is 38.1 Å². The molecule has 0 saturated heterocycles. The van der Waals surface area contributed by atoms with Crippen molar-refractivity contribution in [3.8, 4) is 5.75 Å². The monoisotopic (exact) mass is 431 g/mol. The first-order chi connectivity index (χ1) is 14.8. The summed E-state index contributed by atoms with van der Waals surface area (Å²) in [6, 6.07) is 18.8. The third-order valence-corrected chi connectivity index (χ3v) is 6.67. The Bertz CT molecular complexity index is 1660. The van der Waals surface area contributed by atoms with Crippen molar-refractivity contribution in [1.82, 2.24) is 4.40 Å². The van der Waals surface area contributed by atoms with E-state index in [1.807, 2.05) is 31.2 Å². The number of hydrogen-bond acceptors (Lipinski definition) is 5. The molecule has 154 valence electrons. The summed E-state index contributed by atoms with van der Waals surface area (Å²) in [5, 5.41) is 1.99. The van der Waals surface area contributed by atoms with Gasteiger partial charge in [0.25, 0.3) is 5.56 Å². The number of benzene rings is 3. The van der Waals surface area contributed by atoms with Gasteiger partial charge in [0.2, 0.25) is 0 Å². The lowest BCUT2D eigenvalue weighted by atomic mass is 10.1. The molecule has 2 aromatic heterocycles. The smallest absolute Gasteiger partial charge is 0.339 e. The maximum absolute atomic E-state index is 13.4. The van der Waals surface area contributed by atoms with Crippen molar-refractivity contribution in [3.05, 3.63) is 88.2 Å². The molecule has 6 nitrogen and oxygen atoms in total. The minimum atomic E-state index is -4.27. The Morgan fingerprint density at radius 1 is 0.871 bits per heavy atom. The molecular formula is C24H17NO5S. The Kier molecular flexibility index (Phi) is 4.13. The number of carbonyl (C=O) groups is 1. The first kappa shape index (κ1) is 19.3. The fourth-order valence-electron chi connectivity index (χ4n) is 4.02. The summed E-state index contributed by atoms with van der Waals surface area (Å²) in [7, 11) is -4.27. The summed E-state index contributed by atoms with van der Waals surface area (Å²) in [6.45, 7) is 3.07. The summed E-state index contributed by atoms with van der Waals surface area (Å²) in [5.41, 5.74) is 1.16. The van der Waals surface area contributed by atoms with E-state index in [0.717, 1.165) is 16.3 Å². The molecule has 0 N–H and O–H groups in total. The number of rotatable bonds is 4. The highest BCUT2D eigenvalue weighted by Crippen LogP contribution is 2.37. The fourth-order valence-corrected chi connectivity index (χ4v) is 4.97. The van der Waals surface area contributed by atoms with Gasteiger partial charge in [-0.3, -0.25) is 14.0 Å². The molecule has 5 rings (SSSR count). The number of ketones is 1. The molecule has 0 aliphatic heterocycles. The molecule has 0 fully saturated rings. The van der Waals surface area contributed by atoms with Crippen molar-refractivity contribution in [2.45, 2.75) is 18.7 Å². The van der Waals surface area contributed by atoms with E-state index >= 15 is 0 Å². The lowest BCUT2D eigenvalue weighted by Gasteiger charge is -2.14. The van der Waals surface area contributed by atoms with Gasteiger partial charge in [-0.2, -0.15) is 8.42 Å². The number of aryl methyl sites for hydroxylation is 1. The van der Waals surface area contributed by atoms with E-state index < -0.39 is 21.5 Å². The van der Waals surface area contributed by atoms with E-state index in [0.29, 0.717) is 16.4 Å². The van der Waals surface area contributed by atoms with Gasteiger partial charge in [-0.1, -0.05) is 48.0 Å². The third kappa shape index (κ3) is 2.81. The van der Waals surface area contributed by atoms with Crippen LogP contribution in [0.15, 0.2) is 76.4 Å². The zero-order chi connectivity index (χ0) is 21.9. The van der Waals surface area contributed by atoms with Crippen LogP contribution >= 0.6 is 0 Å². The summed E-state index contributed by atoms with van der Waals surface area (Å²) in [6.07, 6.45) is 0. The number of carbonyl (C=O) groups excluding carboxylic acids is 1. The quantitative estimate of drug-likeness (QED) is 0.313. The van der Waals surface area contributed by atoms with Crippen LogP contribution in [-0.2, 0) is 10.1 Å². The number of Topliss-reactive ketones (excluding diaryl/α,β-unsaturated/α-hetero) is 1. The second-order valence-corrected chi connectivity index (χ2v) is 9.02. The summed E-state index contributed by atoms with van der Waals surface area (Å²) < 4.78 is 33.0. The maximum Gasteiger partial charge on any atom is 0.339 e. The van der Waals surface area contributed by atoms with Crippen LogP contribution in [0.1, 0.15) is 22.8 Å². The topological polar surface area (TPSA) is 81.9 Å². The van der Waals surface area contributed by atoms with Crippen LogP contribution in [0.3, 0.4) is 0 Å². The standard InChI is InChI=1S/C24H17NO5S/c1-14-10-12-16(13-11-14)31(28,29)30-23-19-8-5-7-18-17-6-3-4-9-20(17)25(22(18)19)24(27)21(23)15(2)26/h3-13H,1-2H3. The maximum atomic E-state index is 13.4. The third-order valence-electron chi connectivity index (χ3n) is 5.44. The van der Waals surface area contributed by atoms with Gasteiger partial charge in [0.05, 0.1) is 11.0 Å². The first-order valence-electron chi connectivity index (χ1n) is 9.63. The molecule has 0 atom stereocenters. The normalized spacial score (nSPS) is 12.1. The summed E-state index contributed by atoms with van der Waals surface area (Å²) in [5.74, 6) is -0.807. The molecule has 31 heavy (non-hydrogen) atoms. The van der Waals surface area contributed by atoms with Gasteiger partial charge in [-0.15, -0.1) is 0 Å². The zero-order valence-electron chi connectivity index (χ0n) is 16.7. The highest BCUT2D eigenvalue weighted by Gasteiger charge is 2.28. The van der Waals surface area contributed by atoms with E-state index in [-0.39, 0.29) is 16.2 Å². The van der Waals surface area contributed by atoms with Crippen LogP contribution in [0, 0.1) is 6.92 Å². The Morgan fingerprint density at radius 3 is 2.23 bits per heavy atom. The Hall–Kier alpha value is -3.71. The number of aromatic nitrogens is 1. The Labute approximate surface area is 177 Å². The average Bonchev–Trinajstić information content (AvgIpc) is 3.07. The molecule has 3 aromatic carbocycles. The van der Waals surface area contributed by atoms with Crippen molar-refractivity contribution in [2.24, 2.45) is 0 Å². The molecule has 0 amide bonds. The minimum Gasteiger partial charge on any atom is -0.377 e. The van der Waals surface area contributed by atoms with Crippen LogP contribution in [0.5, 0.6) is 5.75 Å². The van der Waals surface area contributed by atoms with E-state index in [1.54, 1.807) is 30.3 Å². The van der Waals surface area contributed by atoms with Gasteiger partial charge in [0.15, 0.2) is 11.5 Å². The molecule has 0 bridgehead atoms. The Balaban J connectivity index is 1.89. The number of pyridine rings is 1. The van der Waals surface area contributed by atoms with Gasteiger partial charge in [0, 0.05) is 16.2 Å². The molecule has 5 aromatic rings. The van der Waals surface area contributed by atoms with Crippen LogP contribution in [0.2, 0.25) is 0 Å². The van der Waals surface area contributed by atoms with Crippen LogP contribution in [-0.4, -0.2) is 18.6 Å². The van der Waals surface area contributed by atoms with Crippen molar-refractivity contribution in [2.75, 3.05) is 0 Å². The zero-order valence-corrected chi connectivity index (χ0v) is 17.6. The lowest BCUT2D eigenvalue weighted by molar-refractivity contribution is 0.101. The van der Waals surface area contributed by atoms with Gasteiger partial charge < -0.3 is 4.18 Å². The van der Waals surface area contributed by atoms with Crippen LogP contribution < -0.4 is 9.74 Å². The molecule has 0 unspecified atom stereocenters. The highest BCUT2D eigenvalue weighted by molar-refractivity contribution is 7.87. The molecule has 0 spiro atoms. The second kappa shape index (κ2) is 6.65. The van der Waals surface area contributed by atoms with Crippen molar-refractivity contribution in [3.63, 3.8) is 0 Å². The minimum absolute atomic E-state index is 0.0563. The molecule has 0 saturated carbocycles. The van der Waals surface area contributed by atoms with Gasteiger partial charge in [0.1, 0.15) is 10.5 Å². The SMILES string of the molecule is CC(=O)c1c(OS(=O)(=O)c2ccc(C)cc2)c2cccc3c4ccccc4n(c1=O)c23. The average molecular weight is 431 g/mol. The fraction of sp³-hybridized carbons (Fsp3) is 0.0833. The van der Waals surface area contributed by atoms with Gasteiger partial charge >= 0.3 is 10.1 Å². The van der Waals surface area contributed by atoms with Crippen LogP contribution in [0.4, 0.5) is 0 Å². The number of nitrogens with zero attached hydrogens (tertiary/aromatic N) is 1. The number of fused-ring (bicyclic) bond motifs is 3. The molecule has 2 heterocycles. The Morgan fingerprint density at radius 2 is 1.52 bits per heavy atom. The van der Waals surface area contributed by atoms with E-state index in [9.17, 15) is 18.0 Å². The van der Waals surface area contributed by atoms with E-state index in [1.165, 1.54) is 23.5 Å². The molecule has 0 aliphatic carbocycles.